The van der Waals surface area contributed by atoms with Crippen molar-refractivity contribution >= 4 is 16.7 Å². The van der Waals surface area contributed by atoms with Crippen molar-refractivity contribution in [1.82, 2.24) is 14.5 Å². The summed E-state index contributed by atoms with van der Waals surface area (Å²) in [5, 5.41) is 9.82. The first-order valence-corrected chi connectivity index (χ1v) is 10.3. The van der Waals surface area contributed by atoms with E-state index in [2.05, 4.69) is 16.0 Å². The number of carbonyl (C=O) groups is 1. The Hall–Kier alpha value is -4.89. The first-order chi connectivity index (χ1) is 16.2. The minimum absolute atomic E-state index is 0.136. The summed E-state index contributed by atoms with van der Waals surface area (Å²) in [5.41, 5.74) is 5.23. The van der Waals surface area contributed by atoms with E-state index in [4.69, 9.17) is 0 Å². The summed E-state index contributed by atoms with van der Waals surface area (Å²) in [4.78, 5) is 34.9. The predicted molar refractivity (Wildman–Crippen MR) is 124 cm³/mol. The van der Waals surface area contributed by atoms with Crippen LogP contribution in [-0.2, 0) is 0 Å². The van der Waals surface area contributed by atoms with Gasteiger partial charge in [0.1, 0.15) is 0 Å². The predicted octanol–water partition coefficient (Wildman–Crippen LogP) is 4.53. The second kappa shape index (κ2) is 7.08. The third-order valence-electron chi connectivity index (χ3n) is 5.91. The molecule has 6 rings (SSSR count). The number of nitriles is 1. The molecule has 6 heteroatoms. The van der Waals surface area contributed by atoms with Crippen molar-refractivity contribution < 1.29 is 4.79 Å². The smallest absolute Gasteiger partial charge is 0.266 e. The molecule has 0 spiro atoms. The lowest BCUT2D eigenvalue weighted by atomic mass is 9.93. The average molecular weight is 426 g/mol. The first kappa shape index (κ1) is 18.8. The van der Waals surface area contributed by atoms with Crippen molar-refractivity contribution in [3.63, 3.8) is 0 Å². The molecular formula is C27H14N4O2. The second-order valence-electron chi connectivity index (χ2n) is 7.76. The zero-order valence-corrected chi connectivity index (χ0v) is 17.2. The highest BCUT2D eigenvalue weighted by atomic mass is 16.1. The van der Waals surface area contributed by atoms with Crippen LogP contribution in [0, 0.1) is 11.3 Å². The van der Waals surface area contributed by atoms with Crippen LogP contribution < -0.4 is 5.56 Å². The van der Waals surface area contributed by atoms with Crippen molar-refractivity contribution in [1.29, 1.82) is 5.26 Å². The van der Waals surface area contributed by atoms with E-state index < -0.39 is 0 Å². The number of hydrogen-bond acceptors (Lipinski definition) is 5. The van der Waals surface area contributed by atoms with E-state index in [1.807, 2.05) is 30.3 Å². The van der Waals surface area contributed by atoms with Gasteiger partial charge < -0.3 is 0 Å². The fourth-order valence-corrected chi connectivity index (χ4v) is 4.35. The minimum Gasteiger partial charge on any atom is -0.285 e. The summed E-state index contributed by atoms with van der Waals surface area (Å²) in [7, 11) is 0. The highest BCUT2D eigenvalue weighted by Crippen LogP contribution is 2.34. The van der Waals surface area contributed by atoms with E-state index in [0.717, 1.165) is 22.3 Å². The van der Waals surface area contributed by atoms with Gasteiger partial charge >= 0.3 is 0 Å². The van der Waals surface area contributed by atoms with Crippen LogP contribution in [0.25, 0.3) is 38.8 Å². The minimum atomic E-state index is -0.283. The summed E-state index contributed by atoms with van der Waals surface area (Å²) in [6.45, 7) is 0. The lowest BCUT2D eigenvalue weighted by Gasteiger charge is -2.12. The molecule has 1 aliphatic heterocycles. The Morgan fingerprint density at radius 1 is 0.788 bits per heavy atom. The summed E-state index contributed by atoms with van der Waals surface area (Å²) in [6.07, 6.45) is 3.40. The molecule has 0 aliphatic carbocycles. The Labute approximate surface area is 188 Å². The molecule has 0 atom stereocenters. The van der Waals surface area contributed by atoms with Gasteiger partial charge in [-0.25, -0.2) is 4.98 Å². The van der Waals surface area contributed by atoms with Gasteiger partial charge in [-0.05, 0) is 70.8 Å². The lowest BCUT2D eigenvalue weighted by Crippen LogP contribution is -2.21. The molecule has 1 aliphatic rings. The molecule has 0 saturated carbocycles. The van der Waals surface area contributed by atoms with Gasteiger partial charge in [-0.3, -0.25) is 19.1 Å². The number of aromatic nitrogens is 3. The number of pyridine rings is 1. The van der Waals surface area contributed by atoms with Crippen LogP contribution in [0.15, 0.2) is 90.0 Å². The molecule has 3 heterocycles. The van der Waals surface area contributed by atoms with Gasteiger partial charge in [-0.2, -0.15) is 5.26 Å². The molecular weight excluding hydrogens is 412 g/mol. The number of nitrogens with zero attached hydrogens (tertiary/aromatic N) is 4. The van der Waals surface area contributed by atoms with Crippen LogP contribution >= 0.6 is 0 Å². The van der Waals surface area contributed by atoms with Gasteiger partial charge in [0.25, 0.3) is 5.56 Å². The molecule has 0 bridgehead atoms. The maximum atomic E-state index is 13.5. The Kier molecular flexibility index (Phi) is 4.04. The lowest BCUT2D eigenvalue weighted by molar-refractivity contribution is 0.103. The average Bonchev–Trinajstić information content (AvgIpc) is 3.16. The second-order valence-corrected chi connectivity index (χ2v) is 7.76. The molecule has 2 aromatic heterocycles. The molecule has 154 valence electrons. The molecule has 3 aromatic carbocycles. The molecule has 5 aromatic rings. The van der Waals surface area contributed by atoms with Crippen molar-refractivity contribution in [3.8, 4) is 34.0 Å². The molecule has 0 fully saturated rings. The number of ketones is 1. The van der Waals surface area contributed by atoms with E-state index >= 15 is 0 Å². The van der Waals surface area contributed by atoms with E-state index in [1.54, 1.807) is 54.9 Å². The highest BCUT2D eigenvalue weighted by Gasteiger charge is 2.29. The Morgan fingerprint density at radius 2 is 1.61 bits per heavy atom. The van der Waals surface area contributed by atoms with Gasteiger partial charge in [0.2, 0.25) is 5.78 Å². The van der Waals surface area contributed by atoms with Gasteiger partial charge in [0.15, 0.2) is 5.82 Å². The highest BCUT2D eigenvalue weighted by molar-refractivity contribution is 6.13. The zero-order valence-electron chi connectivity index (χ0n) is 17.2. The summed E-state index contributed by atoms with van der Waals surface area (Å²) in [5.74, 6) is -0.113. The normalized spacial score (nSPS) is 11.8. The number of para-hydroxylation sites is 1. The zero-order chi connectivity index (χ0) is 22.5. The van der Waals surface area contributed by atoms with Crippen LogP contribution in [-0.4, -0.2) is 20.3 Å². The quantitative estimate of drug-likeness (QED) is 0.406. The molecule has 0 N–H and O–H groups in total. The van der Waals surface area contributed by atoms with Crippen molar-refractivity contribution in [2.75, 3.05) is 0 Å². The standard InChI is InChI=1S/C27H14N4O2/c28-15-16-5-7-19(21(13-16)17-9-11-29-12-10-17)18-6-8-23-22(14-18)27(33)31-24-4-2-1-3-20(24)25(32)26(31)30-23/h1-14H. The molecule has 0 radical (unpaired) electrons. The number of benzene rings is 3. The van der Waals surface area contributed by atoms with Gasteiger partial charge in [-0.15, -0.1) is 0 Å². The molecule has 0 amide bonds. The monoisotopic (exact) mass is 426 g/mol. The van der Waals surface area contributed by atoms with Crippen LogP contribution in [0.1, 0.15) is 21.7 Å². The molecule has 6 nitrogen and oxygen atoms in total. The van der Waals surface area contributed by atoms with Crippen LogP contribution in [0.4, 0.5) is 0 Å². The number of fused-ring (bicyclic) bond motifs is 4. The molecule has 33 heavy (non-hydrogen) atoms. The van der Waals surface area contributed by atoms with Crippen LogP contribution in [0.5, 0.6) is 0 Å². The van der Waals surface area contributed by atoms with Crippen molar-refractivity contribution in [3.05, 3.63) is 112 Å². The molecule has 0 unspecified atom stereocenters. The third kappa shape index (κ3) is 2.80. The first-order valence-electron chi connectivity index (χ1n) is 10.3. The van der Waals surface area contributed by atoms with Gasteiger partial charge in [-0.1, -0.05) is 24.3 Å². The fourth-order valence-electron chi connectivity index (χ4n) is 4.35. The number of hydrogen-bond donors (Lipinski definition) is 0. The summed E-state index contributed by atoms with van der Waals surface area (Å²) < 4.78 is 1.40. The fraction of sp³-hybridized carbons (Fsp3) is 0. The Balaban J connectivity index is 1.60. The van der Waals surface area contributed by atoms with Gasteiger partial charge in [0.05, 0.1) is 33.8 Å². The SMILES string of the molecule is N#Cc1ccc(-c2ccc3nc4n(c(=O)c3c2)-c2ccccc2C4=O)c(-c2ccncc2)c1. The van der Waals surface area contributed by atoms with Gasteiger partial charge in [0, 0.05) is 12.4 Å². The largest absolute Gasteiger partial charge is 0.285 e. The van der Waals surface area contributed by atoms with Crippen molar-refractivity contribution in [2.24, 2.45) is 0 Å². The number of rotatable bonds is 2. The summed E-state index contributed by atoms with van der Waals surface area (Å²) in [6, 6.07) is 23.9. The van der Waals surface area contributed by atoms with E-state index in [-0.39, 0.29) is 17.2 Å². The van der Waals surface area contributed by atoms with Crippen LogP contribution in [0.3, 0.4) is 0 Å². The third-order valence-corrected chi connectivity index (χ3v) is 5.91. The summed E-state index contributed by atoms with van der Waals surface area (Å²) >= 11 is 0. The topological polar surface area (TPSA) is 88.6 Å². The Bertz CT molecular complexity index is 1710. The van der Waals surface area contributed by atoms with E-state index in [1.165, 1.54) is 4.57 Å². The Morgan fingerprint density at radius 3 is 2.42 bits per heavy atom. The number of carbonyl (C=O) groups excluding carboxylic acids is 1. The van der Waals surface area contributed by atoms with E-state index in [9.17, 15) is 14.9 Å². The maximum absolute atomic E-state index is 13.5. The van der Waals surface area contributed by atoms with E-state index in [0.29, 0.717) is 27.7 Å². The molecule has 0 saturated heterocycles. The maximum Gasteiger partial charge on any atom is 0.266 e. The van der Waals surface area contributed by atoms with Crippen LogP contribution in [0.2, 0.25) is 0 Å². The van der Waals surface area contributed by atoms with Crippen molar-refractivity contribution in [2.45, 2.75) is 0 Å².